The van der Waals surface area contributed by atoms with Crippen molar-refractivity contribution in [1.82, 2.24) is 20.2 Å². The Morgan fingerprint density at radius 3 is 2.74 bits per heavy atom. The summed E-state index contributed by atoms with van der Waals surface area (Å²) in [7, 11) is 1.65. The SMILES string of the molecule is COc1ccc(Cc2[nH]nc3ncnc(N)c23)cc1. The molecule has 0 atom stereocenters. The third kappa shape index (κ3) is 2.08. The molecule has 0 spiro atoms. The highest BCUT2D eigenvalue weighted by Crippen LogP contribution is 2.22. The number of fused-ring (bicyclic) bond motifs is 1. The average molecular weight is 255 g/mol. The summed E-state index contributed by atoms with van der Waals surface area (Å²) in [5, 5.41) is 7.89. The number of nitrogen functional groups attached to an aromatic ring is 1. The highest BCUT2D eigenvalue weighted by atomic mass is 16.5. The van der Waals surface area contributed by atoms with Gasteiger partial charge in [0.2, 0.25) is 0 Å². The number of aromatic nitrogens is 4. The maximum absolute atomic E-state index is 5.87. The lowest BCUT2D eigenvalue weighted by molar-refractivity contribution is 0.414. The molecule has 2 aromatic heterocycles. The van der Waals surface area contributed by atoms with Gasteiger partial charge in [-0.1, -0.05) is 12.1 Å². The van der Waals surface area contributed by atoms with Gasteiger partial charge in [0.25, 0.3) is 0 Å². The van der Waals surface area contributed by atoms with Gasteiger partial charge in [-0.2, -0.15) is 5.10 Å². The van der Waals surface area contributed by atoms with Crippen LogP contribution in [-0.4, -0.2) is 27.3 Å². The van der Waals surface area contributed by atoms with E-state index in [1.807, 2.05) is 24.3 Å². The van der Waals surface area contributed by atoms with Crippen molar-refractivity contribution in [3.05, 3.63) is 41.9 Å². The average Bonchev–Trinajstić information content (AvgIpc) is 2.84. The van der Waals surface area contributed by atoms with E-state index < -0.39 is 0 Å². The highest BCUT2D eigenvalue weighted by Gasteiger charge is 2.10. The summed E-state index contributed by atoms with van der Waals surface area (Å²) >= 11 is 0. The third-order valence-corrected chi connectivity index (χ3v) is 3.00. The van der Waals surface area contributed by atoms with Crippen LogP contribution in [0.1, 0.15) is 11.3 Å². The normalized spacial score (nSPS) is 10.8. The van der Waals surface area contributed by atoms with Gasteiger partial charge < -0.3 is 10.5 Å². The van der Waals surface area contributed by atoms with Crippen LogP contribution in [0.15, 0.2) is 30.6 Å². The van der Waals surface area contributed by atoms with Crippen molar-refractivity contribution < 1.29 is 4.74 Å². The standard InChI is InChI=1S/C13H13N5O/c1-19-9-4-2-8(3-5-9)6-10-11-12(14)15-7-16-13(11)18-17-10/h2-5,7H,6H2,1H3,(H3,14,15,16,17,18). The fraction of sp³-hybridized carbons (Fsp3) is 0.154. The van der Waals surface area contributed by atoms with Crippen LogP contribution in [0.3, 0.4) is 0 Å². The number of anilines is 1. The van der Waals surface area contributed by atoms with E-state index in [1.54, 1.807) is 7.11 Å². The van der Waals surface area contributed by atoms with Gasteiger partial charge in [-0.15, -0.1) is 0 Å². The quantitative estimate of drug-likeness (QED) is 0.740. The molecule has 3 N–H and O–H groups in total. The van der Waals surface area contributed by atoms with Crippen molar-refractivity contribution in [3.63, 3.8) is 0 Å². The minimum Gasteiger partial charge on any atom is -0.497 e. The molecule has 0 unspecified atom stereocenters. The molecule has 0 aliphatic carbocycles. The molecule has 0 aliphatic rings. The minimum atomic E-state index is 0.447. The molecule has 3 rings (SSSR count). The monoisotopic (exact) mass is 255 g/mol. The Balaban J connectivity index is 1.96. The van der Waals surface area contributed by atoms with Crippen LogP contribution < -0.4 is 10.5 Å². The van der Waals surface area contributed by atoms with E-state index in [1.165, 1.54) is 6.33 Å². The van der Waals surface area contributed by atoms with Gasteiger partial charge in [0, 0.05) is 6.42 Å². The van der Waals surface area contributed by atoms with Crippen molar-refractivity contribution in [2.75, 3.05) is 12.8 Å². The molecule has 0 bridgehead atoms. The second kappa shape index (κ2) is 4.56. The van der Waals surface area contributed by atoms with Gasteiger partial charge in [0.15, 0.2) is 5.65 Å². The predicted molar refractivity (Wildman–Crippen MR) is 71.9 cm³/mol. The smallest absolute Gasteiger partial charge is 0.186 e. The van der Waals surface area contributed by atoms with Gasteiger partial charge in [0.05, 0.1) is 18.2 Å². The molecular formula is C13H13N5O. The Morgan fingerprint density at radius 1 is 1.21 bits per heavy atom. The first-order valence-corrected chi connectivity index (χ1v) is 5.84. The first kappa shape index (κ1) is 11.5. The van der Waals surface area contributed by atoms with E-state index in [0.29, 0.717) is 17.9 Å². The summed E-state index contributed by atoms with van der Waals surface area (Å²) in [6, 6.07) is 7.86. The van der Waals surface area contributed by atoms with E-state index in [0.717, 1.165) is 22.4 Å². The predicted octanol–water partition coefficient (Wildman–Crippen LogP) is 1.53. The number of nitrogens with one attached hydrogen (secondary N) is 1. The lowest BCUT2D eigenvalue weighted by atomic mass is 10.1. The minimum absolute atomic E-state index is 0.447. The Labute approximate surface area is 109 Å². The lowest BCUT2D eigenvalue weighted by Crippen LogP contribution is -1.95. The molecular weight excluding hydrogens is 242 g/mol. The number of methoxy groups -OCH3 is 1. The maximum atomic E-state index is 5.87. The van der Waals surface area contributed by atoms with Crippen molar-refractivity contribution in [1.29, 1.82) is 0 Å². The molecule has 19 heavy (non-hydrogen) atoms. The van der Waals surface area contributed by atoms with Crippen LogP contribution in [-0.2, 0) is 6.42 Å². The Kier molecular flexibility index (Phi) is 2.75. The van der Waals surface area contributed by atoms with E-state index in [9.17, 15) is 0 Å². The molecule has 6 nitrogen and oxygen atoms in total. The van der Waals surface area contributed by atoms with Gasteiger partial charge >= 0.3 is 0 Å². The molecule has 1 aromatic carbocycles. The Bertz CT molecular complexity index is 705. The summed E-state index contributed by atoms with van der Waals surface area (Å²) in [5.41, 5.74) is 8.51. The van der Waals surface area contributed by atoms with E-state index >= 15 is 0 Å². The zero-order chi connectivity index (χ0) is 13.2. The molecule has 0 aliphatic heterocycles. The number of H-pyrrole nitrogens is 1. The largest absolute Gasteiger partial charge is 0.497 e. The number of benzene rings is 1. The number of hydrogen-bond donors (Lipinski definition) is 2. The molecule has 3 aromatic rings. The zero-order valence-electron chi connectivity index (χ0n) is 10.4. The lowest BCUT2D eigenvalue weighted by Gasteiger charge is -2.03. The fourth-order valence-corrected chi connectivity index (χ4v) is 2.02. The van der Waals surface area contributed by atoms with E-state index in [4.69, 9.17) is 10.5 Å². The summed E-state index contributed by atoms with van der Waals surface area (Å²) in [6.45, 7) is 0. The van der Waals surface area contributed by atoms with Crippen molar-refractivity contribution in [2.24, 2.45) is 0 Å². The van der Waals surface area contributed by atoms with Gasteiger partial charge in [-0.25, -0.2) is 9.97 Å². The van der Waals surface area contributed by atoms with Crippen LogP contribution in [0.5, 0.6) is 5.75 Å². The second-order valence-electron chi connectivity index (χ2n) is 4.18. The van der Waals surface area contributed by atoms with Gasteiger partial charge in [-0.3, -0.25) is 5.10 Å². The number of hydrogen-bond acceptors (Lipinski definition) is 5. The molecule has 96 valence electrons. The van der Waals surface area contributed by atoms with E-state index in [-0.39, 0.29) is 0 Å². The second-order valence-corrected chi connectivity index (χ2v) is 4.18. The first-order chi connectivity index (χ1) is 9.28. The number of aromatic amines is 1. The van der Waals surface area contributed by atoms with Gasteiger partial charge in [0.1, 0.15) is 17.9 Å². The van der Waals surface area contributed by atoms with Crippen LogP contribution in [0.2, 0.25) is 0 Å². The van der Waals surface area contributed by atoms with Crippen molar-refractivity contribution in [3.8, 4) is 5.75 Å². The zero-order valence-corrected chi connectivity index (χ0v) is 10.4. The van der Waals surface area contributed by atoms with Crippen LogP contribution in [0.4, 0.5) is 5.82 Å². The number of ether oxygens (including phenoxy) is 1. The van der Waals surface area contributed by atoms with E-state index in [2.05, 4.69) is 20.2 Å². The summed E-state index contributed by atoms with van der Waals surface area (Å²) in [6.07, 6.45) is 2.10. The Morgan fingerprint density at radius 2 is 2.00 bits per heavy atom. The third-order valence-electron chi connectivity index (χ3n) is 3.00. The molecule has 0 fully saturated rings. The van der Waals surface area contributed by atoms with Gasteiger partial charge in [-0.05, 0) is 17.7 Å². The fourth-order valence-electron chi connectivity index (χ4n) is 2.02. The Hall–Kier alpha value is -2.63. The molecule has 2 heterocycles. The number of rotatable bonds is 3. The van der Waals surface area contributed by atoms with Crippen LogP contribution >= 0.6 is 0 Å². The molecule has 0 saturated heterocycles. The topological polar surface area (TPSA) is 89.7 Å². The maximum Gasteiger partial charge on any atom is 0.186 e. The van der Waals surface area contributed by atoms with Crippen molar-refractivity contribution >= 4 is 16.9 Å². The number of nitrogens with two attached hydrogens (primary N) is 1. The number of nitrogens with zero attached hydrogens (tertiary/aromatic N) is 3. The molecule has 0 radical (unpaired) electrons. The molecule has 0 saturated carbocycles. The van der Waals surface area contributed by atoms with Crippen LogP contribution in [0.25, 0.3) is 11.0 Å². The highest BCUT2D eigenvalue weighted by molar-refractivity contribution is 5.87. The van der Waals surface area contributed by atoms with Crippen molar-refractivity contribution in [2.45, 2.75) is 6.42 Å². The summed E-state index contributed by atoms with van der Waals surface area (Å²) < 4.78 is 5.13. The summed E-state index contributed by atoms with van der Waals surface area (Å²) in [5.74, 6) is 1.28. The molecule has 6 heteroatoms. The first-order valence-electron chi connectivity index (χ1n) is 5.84. The molecule has 0 amide bonds. The van der Waals surface area contributed by atoms with Crippen LogP contribution in [0, 0.1) is 0 Å². The summed E-state index contributed by atoms with van der Waals surface area (Å²) in [4.78, 5) is 8.07.